The minimum atomic E-state index is -3.93. The Bertz CT molecular complexity index is 1410. The summed E-state index contributed by atoms with van der Waals surface area (Å²) in [7, 11) is -7.79. The molecule has 1 heterocycles. The summed E-state index contributed by atoms with van der Waals surface area (Å²) < 4.78 is 55.0. The second-order valence-corrected chi connectivity index (χ2v) is 10.9. The zero-order chi connectivity index (χ0) is 21.9. The molecular formula is C23H20N2O4S2. The molecule has 0 saturated carbocycles. The van der Waals surface area contributed by atoms with Crippen molar-refractivity contribution in [1.82, 2.24) is 9.71 Å². The van der Waals surface area contributed by atoms with E-state index in [1.54, 1.807) is 42.5 Å². The first-order valence-electron chi connectivity index (χ1n) is 9.55. The Morgan fingerprint density at radius 3 is 2.16 bits per heavy atom. The van der Waals surface area contributed by atoms with Crippen LogP contribution in [0.25, 0.3) is 10.8 Å². The van der Waals surface area contributed by atoms with Gasteiger partial charge in [-0.2, -0.15) is 0 Å². The average molecular weight is 453 g/mol. The number of sulfone groups is 1. The third-order valence-electron chi connectivity index (χ3n) is 4.99. The number of rotatable bonds is 7. The molecule has 0 aliphatic rings. The summed E-state index contributed by atoms with van der Waals surface area (Å²) in [6.45, 7) is -0.321. The van der Waals surface area contributed by atoms with Gasteiger partial charge in [0.2, 0.25) is 10.0 Å². The van der Waals surface area contributed by atoms with E-state index < -0.39 is 25.1 Å². The summed E-state index contributed by atoms with van der Waals surface area (Å²) in [5.74, 6) is 0. The maximum absolute atomic E-state index is 13.3. The molecule has 158 valence electrons. The Balaban J connectivity index is 1.67. The summed E-state index contributed by atoms with van der Waals surface area (Å²) in [6.07, 6.45) is 2.98. The minimum absolute atomic E-state index is 0.0771. The monoisotopic (exact) mass is 452 g/mol. The number of nitrogens with zero attached hydrogens (tertiary/aromatic N) is 1. The second-order valence-electron chi connectivity index (χ2n) is 6.99. The first kappa shape index (κ1) is 21.2. The van der Waals surface area contributed by atoms with E-state index in [0.29, 0.717) is 5.56 Å². The molecule has 3 aromatic carbocycles. The molecule has 0 amide bonds. The van der Waals surface area contributed by atoms with Crippen LogP contribution in [0, 0.1) is 0 Å². The molecule has 0 spiro atoms. The van der Waals surface area contributed by atoms with Crippen molar-refractivity contribution in [2.75, 3.05) is 6.54 Å². The lowest BCUT2D eigenvalue weighted by Gasteiger charge is -2.19. The summed E-state index contributed by atoms with van der Waals surface area (Å²) in [5, 5.41) is 0.575. The Hall–Kier alpha value is -3.07. The number of hydrogen-bond acceptors (Lipinski definition) is 5. The molecule has 1 aromatic heterocycles. The standard InChI is InChI=1S/C23H20N2O4S2/c26-30(27,21-10-2-1-3-11-21)23(20-9-6-14-24-16-20)17-25-31(28,29)22-13-12-18-7-4-5-8-19(18)15-22/h1-16,23,25H,17H2. The van der Waals surface area contributed by atoms with E-state index in [2.05, 4.69) is 9.71 Å². The predicted molar refractivity (Wildman–Crippen MR) is 120 cm³/mol. The minimum Gasteiger partial charge on any atom is -0.264 e. The van der Waals surface area contributed by atoms with Gasteiger partial charge in [0.05, 0.1) is 9.79 Å². The molecule has 0 bridgehead atoms. The molecule has 0 radical (unpaired) electrons. The van der Waals surface area contributed by atoms with Gasteiger partial charge in [-0.3, -0.25) is 4.98 Å². The fourth-order valence-electron chi connectivity index (χ4n) is 3.35. The topological polar surface area (TPSA) is 93.2 Å². The van der Waals surface area contributed by atoms with Gasteiger partial charge in [-0.15, -0.1) is 0 Å². The number of sulfonamides is 1. The Morgan fingerprint density at radius 2 is 1.45 bits per heavy atom. The maximum Gasteiger partial charge on any atom is 0.240 e. The first-order valence-corrected chi connectivity index (χ1v) is 12.6. The van der Waals surface area contributed by atoms with Gasteiger partial charge < -0.3 is 0 Å². The summed E-state index contributed by atoms with van der Waals surface area (Å²) in [4.78, 5) is 4.20. The van der Waals surface area contributed by atoms with Gasteiger partial charge in [-0.1, -0.05) is 54.6 Å². The molecule has 0 aliphatic heterocycles. The van der Waals surface area contributed by atoms with Crippen molar-refractivity contribution in [2.45, 2.75) is 15.0 Å². The van der Waals surface area contributed by atoms with Crippen LogP contribution < -0.4 is 4.72 Å². The highest BCUT2D eigenvalue weighted by Crippen LogP contribution is 2.28. The van der Waals surface area contributed by atoms with Crippen LogP contribution in [-0.2, 0) is 19.9 Å². The van der Waals surface area contributed by atoms with Gasteiger partial charge >= 0.3 is 0 Å². The van der Waals surface area contributed by atoms with E-state index in [-0.39, 0.29) is 16.3 Å². The molecule has 4 rings (SSSR count). The number of fused-ring (bicyclic) bond motifs is 1. The SMILES string of the molecule is O=S(=O)(NCC(c1cccnc1)S(=O)(=O)c1ccccc1)c1ccc2ccccc2c1. The molecule has 1 unspecified atom stereocenters. The van der Waals surface area contributed by atoms with E-state index >= 15 is 0 Å². The van der Waals surface area contributed by atoms with E-state index in [9.17, 15) is 16.8 Å². The molecule has 0 saturated heterocycles. The van der Waals surface area contributed by atoms with Crippen LogP contribution in [-0.4, -0.2) is 28.4 Å². The Morgan fingerprint density at radius 1 is 0.742 bits per heavy atom. The van der Waals surface area contributed by atoms with Gasteiger partial charge in [0.25, 0.3) is 0 Å². The molecule has 0 fully saturated rings. The first-order chi connectivity index (χ1) is 14.9. The molecule has 1 N–H and O–H groups in total. The molecular weight excluding hydrogens is 432 g/mol. The van der Waals surface area contributed by atoms with Crippen molar-refractivity contribution in [1.29, 1.82) is 0 Å². The van der Waals surface area contributed by atoms with Crippen LogP contribution in [0.4, 0.5) is 0 Å². The third-order valence-corrected chi connectivity index (χ3v) is 8.53. The van der Waals surface area contributed by atoms with Gasteiger partial charge in [0.1, 0.15) is 5.25 Å². The fraction of sp³-hybridized carbons (Fsp3) is 0.0870. The highest BCUT2D eigenvalue weighted by atomic mass is 32.2. The van der Waals surface area contributed by atoms with Crippen LogP contribution in [0.1, 0.15) is 10.8 Å². The zero-order valence-corrected chi connectivity index (χ0v) is 18.1. The molecule has 8 heteroatoms. The number of benzene rings is 3. The van der Waals surface area contributed by atoms with Gasteiger partial charge in [0, 0.05) is 18.9 Å². The molecule has 4 aromatic rings. The van der Waals surface area contributed by atoms with Crippen LogP contribution in [0.5, 0.6) is 0 Å². The van der Waals surface area contributed by atoms with Gasteiger partial charge in [0.15, 0.2) is 9.84 Å². The average Bonchev–Trinajstić information content (AvgIpc) is 2.80. The summed E-state index contributed by atoms with van der Waals surface area (Å²) in [5.41, 5.74) is 0.410. The van der Waals surface area contributed by atoms with E-state index in [0.717, 1.165) is 10.8 Å². The Kier molecular flexibility index (Phi) is 5.86. The smallest absolute Gasteiger partial charge is 0.240 e. The lowest BCUT2D eigenvalue weighted by atomic mass is 10.1. The van der Waals surface area contributed by atoms with Crippen molar-refractivity contribution in [3.05, 3.63) is 103 Å². The molecule has 31 heavy (non-hydrogen) atoms. The number of hydrogen-bond donors (Lipinski definition) is 1. The van der Waals surface area contributed by atoms with Crippen molar-refractivity contribution in [3.63, 3.8) is 0 Å². The highest BCUT2D eigenvalue weighted by Gasteiger charge is 2.31. The number of pyridine rings is 1. The second kappa shape index (κ2) is 8.58. The van der Waals surface area contributed by atoms with Crippen LogP contribution in [0.2, 0.25) is 0 Å². The van der Waals surface area contributed by atoms with Crippen LogP contribution in [0.15, 0.2) is 107 Å². The molecule has 1 atom stereocenters. The van der Waals surface area contributed by atoms with Gasteiger partial charge in [-0.25, -0.2) is 21.6 Å². The maximum atomic E-state index is 13.3. The van der Waals surface area contributed by atoms with Crippen molar-refractivity contribution in [2.24, 2.45) is 0 Å². The fourth-order valence-corrected chi connectivity index (χ4v) is 6.20. The van der Waals surface area contributed by atoms with E-state index in [1.807, 2.05) is 24.3 Å². The lowest BCUT2D eigenvalue weighted by Crippen LogP contribution is -2.32. The Labute approximate surface area is 181 Å². The van der Waals surface area contributed by atoms with Crippen LogP contribution in [0.3, 0.4) is 0 Å². The van der Waals surface area contributed by atoms with E-state index in [4.69, 9.17) is 0 Å². The van der Waals surface area contributed by atoms with Crippen molar-refractivity contribution < 1.29 is 16.8 Å². The van der Waals surface area contributed by atoms with E-state index in [1.165, 1.54) is 30.6 Å². The molecule has 6 nitrogen and oxygen atoms in total. The van der Waals surface area contributed by atoms with Crippen LogP contribution >= 0.6 is 0 Å². The number of aromatic nitrogens is 1. The third kappa shape index (κ3) is 4.51. The highest BCUT2D eigenvalue weighted by molar-refractivity contribution is 7.92. The number of nitrogens with one attached hydrogen (secondary N) is 1. The largest absolute Gasteiger partial charge is 0.264 e. The van der Waals surface area contributed by atoms with Crippen molar-refractivity contribution >= 4 is 30.6 Å². The normalized spacial score (nSPS) is 13.2. The summed E-state index contributed by atoms with van der Waals surface area (Å²) >= 11 is 0. The quantitative estimate of drug-likeness (QED) is 0.461. The molecule has 0 aliphatic carbocycles. The van der Waals surface area contributed by atoms with Gasteiger partial charge in [-0.05, 0) is 46.7 Å². The lowest BCUT2D eigenvalue weighted by molar-refractivity contribution is 0.568. The summed E-state index contributed by atoms with van der Waals surface area (Å²) in [6, 6.07) is 23.5. The zero-order valence-electron chi connectivity index (χ0n) is 16.4. The van der Waals surface area contributed by atoms with Crippen molar-refractivity contribution in [3.8, 4) is 0 Å². The predicted octanol–water partition coefficient (Wildman–Crippen LogP) is 3.73.